The zero-order valence-electron chi connectivity index (χ0n) is 12.5. The standard InChI is InChI=1S/C14H27N3S/c1-10(2)7-12(5)17(6)14-16-9-13(18-14)8-15-11(3)4/h9-12,15H,7-8H2,1-6H3. The Morgan fingerprint density at radius 1 is 1.28 bits per heavy atom. The average molecular weight is 269 g/mol. The fraction of sp³-hybridized carbons (Fsp3) is 0.786. The molecule has 0 aliphatic rings. The summed E-state index contributed by atoms with van der Waals surface area (Å²) in [5.74, 6) is 0.726. The lowest BCUT2D eigenvalue weighted by Crippen LogP contribution is -2.29. The van der Waals surface area contributed by atoms with Gasteiger partial charge in [-0.2, -0.15) is 0 Å². The van der Waals surface area contributed by atoms with E-state index in [0.29, 0.717) is 12.1 Å². The zero-order valence-corrected chi connectivity index (χ0v) is 13.3. The normalized spacial score (nSPS) is 13.3. The van der Waals surface area contributed by atoms with Crippen LogP contribution in [0.3, 0.4) is 0 Å². The molecule has 1 unspecified atom stereocenters. The van der Waals surface area contributed by atoms with Gasteiger partial charge in [0.05, 0.1) is 0 Å². The summed E-state index contributed by atoms with van der Waals surface area (Å²) in [7, 11) is 2.14. The maximum Gasteiger partial charge on any atom is 0.185 e. The van der Waals surface area contributed by atoms with E-state index in [0.717, 1.165) is 17.6 Å². The number of hydrogen-bond donors (Lipinski definition) is 1. The van der Waals surface area contributed by atoms with Gasteiger partial charge in [0.25, 0.3) is 0 Å². The average Bonchev–Trinajstić information content (AvgIpc) is 2.72. The van der Waals surface area contributed by atoms with Gasteiger partial charge in [0.2, 0.25) is 0 Å². The molecule has 0 radical (unpaired) electrons. The van der Waals surface area contributed by atoms with Crippen LogP contribution in [0.25, 0.3) is 0 Å². The number of aromatic nitrogens is 1. The van der Waals surface area contributed by atoms with Crippen molar-refractivity contribution in [3.63, 3.8) is 0 Å². The Kier molecular flexibility index (Phi) is 6.09. The molecular weight excluding hydrogens is 242 g/mol. The van der Waals surface area contributed by atoms with Crippen LogP contribution >= 0.6 is 11.3 Å². The molecule has 18 heavy (non-hydrogen) atoms. The lowest BCUT2D eigenvalue weighted by molar-refractivity contribution is 0.504. The van der Waals surface area contributed by atoms with E-state index in [1.54, 1.807) is 11.3 Å². The Bertz CT molecular complexity index is 347. The van der Waals surface area contributed by atoms with E-state index in [2.05, 4.69) is 56.9 Å². The van der Waals surface area contributed by atoms with Gasteiger partial charge in [-0.15, -0.1) is 11.3 Å². The molecule has 0 aliphatic heterocycles. The maximum atomic E-state index is 4.53. The molecule has 1 aromatic heterocycles. The number of rotatable bonds is 7. The van der Waals surface area contributed by atoms with Crippen molar-refractivity contribution >= 4 is 16.5 Å². The summed E-state index contributed by atoms with van der Waals surface area (Å²) in [5, 5.41) is 4.56. The highest BCUT2D eigenvalue weighted by molar-refractivity contribution is 7.15. The van der Waals surface area contributed by atoms with Crippen LogP contribution in [-0.4, -0.2) is 24.1 Å². The van der Waals surface area contributed by atoms with Gasteiger partial charge < -0.3 is 10.2 Å². The third-order valence-corrected chi connectivity index (χ3v) is 4.09. The summed E-state index contributed by atoms with van der Waals surface area (Å²) in [5.41, 5.74) is 0. The van der Waals surface area contributed by atoms with Crippen molar-refractivity contribution in [1.82, 2.24) is 10.3 Å². The minimum Gasteiger partial charge on any atom is -0.348 e. The van der Waals surface area contributed by atoms with E-state index >= 15 is 0 Å². The van der Waals surface area contributed by atoms with Crippen molar-refractivity contribution < 1.29 is 0 Å². The molecule has 0 aromatic carbocycles. The molecular formula is C14H27N3S. The summed E-state index contributed by atoms with van der Waals surface area (Å²) < 4.78 is 0. The largest absolute Gasteiger partial charge is 0.348 e. The fourth-order valence-corrected chi connectivity index (χ4v) is 2.80. The van der Waals surface area contributed by atoms with Crippen molar-refractivity contribution in [3.8, 4) is 0 Å². The zero-order chi connectivity index (χ0) is 13.7. The van der Waals surface area contributed by atoms with Crippen LogP contribution < -0.4 is 10.2 Å². The molecule has 0 amide bonds. The Hall–Kier alpha value is -0.610. The number of hydrogen-bond acceptors (Lipinski definition) is 4. The first kappa shape index (κ1) is 15.4. The third-order valence-electron chi connectivity index (χ3n) is 3.00. The Balaban J connectivity index is 2.56. The molecule has 0 spiro atoms. The van der Waals surface area contributed by atoms with E-state index < -0.39 is 0 Å². The van der Waals surface area contributed by atoms with Crippen LogP contribution in [0.5, 0.6) is 0 Å². The highest BCUT2D eigenvalue weighted by atomic mass is 32.1. The Morgan fingerprint density at radius 2 is 1.94 bits per heavy atom. The van der Waals surface area contributed by atoms with Crippen molar-refractivity contribution in [3.05, 3.63) is 11.1 Å². The molecule has 3 nitrogen and oxygen atoms in total. The van der Waals surface area contributed by atoms with Crippen LogP contribution in [-0.2, 0) is 6.54 Å². The number of nitrogens with one attached hydrogen (secondary N) is 1. The van der Waals surface area contributed by atoms with Gasteiger partial charge in [0.1, 0.15) is 0 Å². The third kappa shape index (κ3) is 4.94. The summed E-state index contributed by atoms with van der Waals surface area (Å²) >= 11 is 1.79. The highest BCUT2D eigenvalue weighted by Gasteiger charge is 2.14. The minimum atomic E-state index is 0.521. The minimum absolute atomic E-state index is 0.521. The molecule has 1 N–H and O–H groups in total. The highest BCUT2D eigenvalue weighted by Crippen LogP contribution is 2.24. The monoisotopic (exact) mass is 269 g/mol. The van der Waals surface area contributed by atoms with E-state index in [1.807, 2.05) is 6.20 Å². The lowest BCUT2D eigenvalue weighted by atomic mass is 10.0. The summed E-state index contributed by atoms with van der Waals surface area (Å²) in [6.45, 7) is 12.1. The van der Waals surface area contributed by atoms with E-state index in [-0.39, 0.29) is 0 Å². The van der Waals surface area contributed by atoms with Crippen LogP contribution in [0.4, 0.5) is 5.13 Å². The van der Waals surface area contributed by atoms with Gasteiger partial charge in [-0.05, 0) is 19.3 Å². The predicted molar refractivity (Wildman–Crippen MR) is 81.4 cm³/mol. The lowest BCUT2D eigenvalue weighted by Gasteiger charge is -2.25. The molecule has 1 aromatic rings. The molecule has 104 valence electrons. The van der Waals surface area contributed by atoms with E-state index in [4.69, 9.17) is 0 Å². The molecule has 0 bridgehead atoms. The fourth-order valence-electron chi connectivity index (χ4n) is 1.88. The molecule has 0 saturated carbocycles. The second-order valence-electron chi connectivity index (χ2n) is 5.73. The van der Waals surface area contributed by atoms with Gasteiger partial charge in [-0.25, -0.2) is 4.98 Å². The first-order chi connectivity index (χ1) is 8.40. The van der Waals surface area contributed by atoms with Crippen molar-refractivity contribution in [2.75, 3.05) is 11.9 Å². The van der Waals surface area contributed by atoms with Crippen molar-refractivity contribution in [2.45, 2.75) is 59.7 Å². The van der Waals surface area contributed by atoms with Gasteiger partial charge in [0.15, 0.2) is 5.13 Å². The van der Waals surface area contributed by atoms with E-state index in [1.165, 1.54) is 11.3 Å². The van der Waals surface area contributed by atoms with E-state index in [9.17, 15) is 0 Å². The van der Waals surface area contributed by atoms with Crippen LogP contribution in [0, 0.1) is 5.92 Å². The van der Waals surface area contributed by atoms with Gasteiger partial charge in [0, 0.05) is 36.8 Å². The first-order valence-corrected chi connectivity index (χ1v) is 7.62. The SMILES string of the molecule is CC(C)CC(C)N(C)c1ncc(CNC(C)C)s1. The van der Waals surface area contributed by atoms with Crippen molar-refractivity contribution in [2.24, 2.45) is 5.92 Å². The maximum absolute atomic E-state index is 4.53. The molecule has 4 heteroatoms. The second-order valence-corrected chi connectivity index (χ2v) is 6.83. The first-order valence-electron chi connectivity index (χ1n) is 6.81. The molecule has 1 rings (SSSR count). The smallest absolute Gasteiger partial charge is 0.185 e. The Morgan fingerprint density at radius 3 is 2.50 bits per heavy atom. The summed E-state index contributed by atoms with van der Waals surface area (Å²) in [6.07, 6.45) is 3.20. The molecule has 0 aliphatic carbocycles. The molecule has 1 heterocycles. The quantitative estimate of drug-likeness (QED) is 0.821. The Labute approximate surface area is 116 Å². The molecule has 0 saturated heterocycles. The van der Waals surface area contributed by atoms with Crippen LogP contribution in [0.15, 0.2) is 6.20 Å². The van der Waals surface area contributed by atoms with Gasteiger partial charge in [-0.1, -0.05) is 27.7 Å². The van der Waals surface area contributed by atoms with Crippen molar-refractivity contribution in [1.29, 1.82) is 0 Å². The second kappa shape index (κ2) is 7.10. The topological polar surface area (TPSA) is 28.2 Å². The number of nitrogens with zero attached hydrogens (tertiary/aromatic N) is 2. The summed E-state index contributed by atoms with van der Waals surface area (Å²) in [6, 6.07) is 1.07. The summed E-state index contributed by atoms with van der Waals surface area (Å²) in [4.78, 5) is 8.13. The van der Waals surface area contributed by atoms with Crippen LogP contribution in [0.1, 0.15) is 45.9 Å². The predicted octanol–water partition coefficient (Wildman–Crippen LogP) is 3.51. The number of anilines is 1. The number of thiazole rings is 1. The van der Waals surface area contributed by atoms with Gasteiger partial charge in [-0.3, -0.25) is 0 Å². The molecule has 0 fully saturated rings. The van der Waals surface area contributed by atoms with Gasteiger partial charge >= 0.3 is 0 Å². The van der Waals surface area contributed by atoms with Crippen LogP contribution in [0.2, 0.25) is 0 Å². The molecule has 1 atom stereocenters.